The Labute approximate surface area is 163 Å². The van der Waals surface area contributed by atoms with Crippen molar-refractivity contribution in [2.75, 3.05) is 18.5 Å². The van der Waals surface area contributed by atoms with Crippen LogP contribution in [-0.4, -0.2) is 46.6 Å². The summed E-state index contributed by atoms with van der Waals surface area (Å²) in [7, 11) is 0. The van der Waals surface area contributed by atoms with Crippen molar-refractivity contribution in [1.82, 2.24) is 10.3 Å². The van der Waals surface area contributed by atoms with E-state index in [1.165, 1.54) is 6.07 Å². The summed E-state index contributed by atoms with van der Waals surface area (Å²) in [5, 5.41) is 23.0. The Morgan fingerprint density at radius 2 is 1.97 bits per heavy atom. The van der Waals surface area contributed by atoms with E-state index in [1.54, 1.807) is 6.92 Å². The van der Waals surface area contributed by atoms with Crippen molar-refractivity contribution in [2.24, 2.45) is 0 Å². The lowest BCUT2D eigenvalue weighted by Crippen LogP contribution is -2.53. The monoisotopic (exact) mass is 416 g/mol. The number of hydrogen-bond donors (Lipinski definition) is 3. The molecular weight excluding hydrogens is 397 g/mol. The van der Waals surface area contributed by atoms with Crippen molar-refractivity contribution >= 4 is 23.5 Å². The Morgan fingerprint density at radius 3 is 2.52 bits per heavy atom. The molecule has 2 amide bonds. The van der Waals surface area contributed by atoms with Gasteiger partial charge >= 0.3 is 12.1 Å². The van der Waals surface area contributed by atoms with E-state index in [2.05, 4.69) is 10.3 Å². The predicted octanol–water partition coefficient (Wildman–Crippen LogP) is 1.12. The standard InChI is InChI=1S/C17H19F3N4O5/c1-3-29-13(25)5-4-6-22-14(26)16(2,28)15(27)24-10-7-11(17(18,19)20)12(8-21)23-9-10/h7,9,28H,3-6H2,1-2H3,(H,22,26)(H,24,27). The Kier molecular flexibility index (Phi) is 8.08. The molecule has 0 spiro atoms. The molecule has 1 heterocycles. The number of nitrogens with zero attached hydrogens (tertiary/aromatic N) is 2. The Morgan fingerprint density at radius 1 is 1.31 bits per heavy atom. The highest BCUT2D eigenvalue weighted by Crippen LogP contribution is 2.32. The molecule has 0 radical (unpaired) electrons. The van der Waals surface area contributed by atoms with Gasteiger partial charge in [-0.3, -0.25) is 14.4 Å². The van der Waals surface area contributed by atoms with Crippen LogP contribution < -0.4 is 10.6 Å². The van der Waals surface area contributed by atoms with Gasteiger partial charge in [-0.25, -0.2) is 4.98 Å². The van der Waals surface area contributed by atoms with Crippen molar-refractivity contribution in [3.8, 4) is 6.07 Å². The molecule has 12 heteroatoms. The van der Waals surface area contributed by atoms with Gasteiger partial charge in [-0.15, -0.1) is 0 Å². The number of halogens is 3. The largest absolute Gasteiger partial charge is 0.466 e. The van der Waals surface area contributed by atoms with Crippen LogP contribution in [0.15, 0.2) is 12.3 Å². The first-order chi connectivity index (χ1) is 13.4. The molecule has 1 rings (SSSR count). The van der Waals surface area contributed by atoms with E-state index in [1.807, 2.05) is 5.32 Å². The normalized spacial score (nSPS) is 13.0. The van der Waals surface area contributed by atoms with Gasteiger partial charge in [-0.1, -0.05) is 0 Å². The fourth-order valence-corrected chi connectivity index (χ4v) is 2.03. The second kappa shape index (κ2) is 9.83. The van der Waals surface area contributed by atoms with E-state index in [9.17, 15) is 32.7 Å². The van der Waals surface area contributed by atoms with Gasteiger partial charge in [0.15, 0.2) is 5.69 Å². The fourth-order valence-electron chi connectivity index (χ4n) is 2.03. The number of nitriles is 1. The quantitative estimate of drug-likeness (QED) is 0.328. The van der Waals surface area contributed by atoms with Crippen LogP contribution in [-0.2, 0) is 25.3 Å². The Bertz CT molecular complexity index is 818. The number of amides is 2. The van der Waals surface area contributed by atoms with E-state index in [0.717, 1.165) is 13.1 Å². The van der Waals surface area contributed by atoms with Crippen molar-refractivity contribution in [2.45, 2.75) is 38.5 Å². The molecule has 9 nitrogen and oxygen atoms in total. The van der Waals surface area contributed by atoms with Crippen molar-refractivity contribution < 1.29 is 37.4 Å². The number of aromatic nitrogens is 1. The van der Waals surface area contributed by atoms with Crippen LogP contribution in [0.25, 0.3) is 0 Å². The Balaban J connectivity index is 2.76. The van der Waals surface area contributed by atoms with Crippen LogP contribution in [0.5, 0.6) is 0 Å². The minimum absolute atomic E-state index is 0.0135. The summed E-state index contributed by atoms with van der Waals surface area (Å²) in [5.74, 6) is -2.89. The maximum atomic E-state index is 12.9. The first-order valence-corrected chi connectivity index (χ1v) is 8.38. The summed E-state index contributed by atoms with van der Waals surface area (Å²) >= 11 is 0. The second-order valence-electron chi connectivity index (χ2n) is 5.92. The smallest absolute Gasteiger partial charge is 0.419 e. The maximum Gasteiger partial charge on any atom is 0.419 e. The van der Waals surface area contributed by atoms with E-state index >= 15 is 0 Å². The number of alkyl halides is 3. The minimum atomic E-state index is -4.89. The summed E-state index contributed by atoms with van der Waals surface area (Å²) < 4.78 is 43.5. The SMILES string of the molecule is CCOC(=O)CCCNC(=O)C(C)(O)C(=O)Nc1cnc(C#N)c(C(F)(F)F)c1. The van der Waals surface area contributed by atoms with Gasteiger partial charge in [0.25, 0.3) is 11.8 Å². The van der Waals surface area contributed by atoms with Crippen molar-refractivity contribution in [3.63, 3.8) is 0 Å². The van der Waals surface area contributed by atoms with E-state index in [0.29, 0.717) is 6.07 Å². The maximum absolute atomic E-state index is 12.9. The molecule has 0 aliphatic rings. The molecule has 0 fully saturated rings. The molecule has 0 aliphatic heterocycles. The first-order valence-electron chi connectivity index (χ1n) is 8.38. The van der Waals surface area contributed by atoms with E-state index in [4.69, 9.17) is 10.00 Å². The van der Waals surface area contributed by atoms with E-state index in [-0.39, 0.29) is 26.0 Å². The number of anilines is 1. The third-order valence-electron chi connectivity index (χ3n) is 3.59. The summed E-state index contributed by atoms with van der Waals surface area (Å²) in [4.78, 5) is 38.7. The number of aliphatic hydroxyl groups is 1. The second-order valence-corrected chi connectivity index (χ2v) is 5.92. The molecule has 0 bridgehead atoms. The Hall–Kier alpha value is -3.20. The van der Waals surface area contributed by atoms with Crippen LogP contribution >= 0.6 is 0 Å². The minimum Gasteiger partial charge on any atom is -0.466 e. The molecule has 1 atom stereocenters. The summed E-state index contributed by atoms with van der Waals surface area (Å²) in [6, 6.07) is 1.75. The zero-order chi connectivity index (χ0) is 22.2. The number of nitrogens with one attached hydrogen (secondary N) is 2. The molecule has 0 saturated heterocycles. The number of esters is 1. The molecule has 29 heavy (non-hydrogen) atoms. The molecule has 0 aliphatic carbocycles. The van der Waals surface area contributed by atoms with Crippen molar-refractivity contribution in [3.05, 3.63) is 23.5 Å². The van der Waals surface area contributed by atoms with Gasteiger partial charge < -0.3 is 20.5 Å². The van der Waals surface area contributed by atoms with Gasteiger partial charge in [-0.05, 0) is 26.3 Å². The summed E-state index contributed by atoms with van der Waals surface area (Å²) in [6.45, 7) is 2.65. The highest BCUT2D eigenvalue weighted by Gasteiger charge is 2.39. The lowest BCUT2D eigenvalue weighted by atomic mass is 10.0. The zero-order valence-corrected chi connectivity index (χ0v) is 15.6. The highest BCUT2D eigenvalue weighted by molar-refractivity contribution is 6.12. The summed E-state index contributed by atoms with van der Waals surface area (Å²) in [6.07, 6.45) is -3.90. The lowest BCUT2D eigenvalue weighted by Gasteiger charge is -2.21. The topological polar surface area (TPSA) is 141 Å². The molecule has 1 aromatic heterocycles. The molecule has 3 N–H and O–H groups in total. The first kappa shape index (κ1) is 23.8. The number of carbonyl (C=O) groups is 3. The molecule has 0 saturated carbocycles. The van der Waals surface area contributed by atoms with Crippen LogP contribution in [0.4, 0.5) is 18.9 Å². The third-order valence-corrected chi connectivity index (χ3v) is 3.59. The third kappa shape index (κ3) is 6.72. The number of hydrogen-bond acceptors (Lipinski definition) is 7. The molecule has 0 aromatic carbocycles. The molecule has 1 unspecified atom stereocenters. The zero-order valence-electron chi connectivity index (χ0n) is 15.6. The molecular formula is C17H19F3N4O5. The van der Waals surface area contributed by atoms with Crippen LogP contribution in [0, 0.1) is 11.3 Å². The number of rotatable bonds is 8. The molecule has 1 aromatic rings. The van der Waals surface area contributed by atoms with Gasteiger partial charge in [-0.2, -0.15) is 18.4 Å². The molecule has 158 valence electrons. The van der Waals surface area contributed by atoms with Crippen LogP contribution in [0.1, 0.15) is 37.9 Å². The van der Waals surface area contributed by atoms with Crippen molar-refractivity contribution in [1.29, 1.82) is 5.26 Å². The van der Waals surface area contributed by atoms with E-state index < -0.39 is 46.5 Å². The number of pyridine rings is 1. The average Bonchev–Trinajstić information content (AvgIpc) is 2.64. The average molecular weight is 416 g/mol. The highest BCUT2D eigenvalue weighted by atomic mass is 19.4. The van der Waals surface area contributed by atoms with Gasteiger partial charge in [0.2, 0.25) is 5.60 Å². The fraction of sp³-hybridized carbons (Fsp3) is 0.471. The van der Waals surface area contributed by atoms with Gasteiger partial charge in [0, 0.05) is 13.0 Å². The van der Waals surface area contributed by atoms with Crippen LogP contribution in [0.3, 0.4) is 0 Å². The number of ether oxygens (including phenoxy) is 1. The summed E-state index contributed by atoms with van der Waals surface area (Å²) in [5.41, 5.74) is -5.34. The predicted molar refractivity (Wildman–Crippen MR) is 92.1 cm³/mol. The number of carbonyl (C=O) groups excluding carboxylic acids is 3. The lowest BCUT2D eigenvalue weighted by molar-refractivity contribution is -0.149. The van der Waals surface area contributed by atoms with Crippen LogP contribution in [0.2, 0.25) is 0 Å². The van der Waals surface area contributed by atoms with Gasteiger partial charge in [0.1, 0.15) is 6.07 Å². The van der Waals surface area contributed by atoms with Gasteiger partial charge in [0.05, 0.1) is 24.1 Å².